The molecule has 1 aromatic carbocycles. The predicted molar refractivity (Wildman–Crippen MR) is 95.3 cm³/mol. The van der Waals surface area contributed by atoms with Gasteiger partial charge in [0.25, 0.3) is 5.56 Å². The van der Waals surface area contributed by atoms with Crippen LogP contribution in [0.3, 0.4) is 0 Å². The van der Waals surface area contributed by atoms with Crippen molar-refractivity contribution in [2.75, 3.05) is 13.1 Å². The van der Waals surface area contributed by atoms with Crippen molar-refractivity contribution < 1.29 is 18.0 Å². The van der Waals surface area contributed by atoms with E-state index in [9.17, 15) is 22.8 Å². The van der Waals surface area contributed by atoms with Gasteiger partial charge in [0, 0.05) is 19.2 Å². The number of thioether (sulfide) groups is 1. The highest BCUT2D eigenvalue weighted by Crippen LogP contribution is 2.36. The molecule has 27 heavy (non-hydrogen) atoms. The van der Waals surface area contributed by atoms with Gasteiger partial charge in [0.05, 0.1) is 0 Å². The average Bonchev–Trinajstić information content (AvgIpc) is 2.66. The normalized spacial score (nSPS) is 16.2. The fourth-order valence-electron chi connectivity index (χ4n) is 2.92. The molecule has 1 unspecified atom stereocenters. The third kappa shape index (κ3) is 4.91. The molecule has 1 aromatic heterocycles. The van der Waals surface area contributed by atoms with Crippen LogP contribution in [0.1, 0.15) is 35.8 Å². The van der Waals surface area contributed by atoms with Crippen LogP contribution in [0, 0.1) is 0 Å². The van der Waals surface area contributed by atoms with E-state index >= 15 is 0 Å². The number of aromatic nitrogens is 2. The number of hydrogen-bond acceptors (Lipinski definition) is 4. The van der Waals surface area contributed by atoms with Crippen molar-refractivity contribution in [1.82, 2.24) is 14.9 Å². The largest absolute Gasteiger partial charge is 0.433 e. The smallest absolute Gasteiger partial charge is 0.341 e. The summed E-state index contributed by atoms with van der Waals surface area (Å²) < 4.78 is 38.9. The molecule has 1 aliphatic heterocycles. The number of benzene rings is 1. The first kappa shape index (κ1) is 19.5. The van der Waals surface area contributed by atoms with Gasteiger partial charge < -0.3 is 9.88 Å². The number of halogens is 3. The third-order valence-electron chi connectivity index (χ3n) is 4.23. The summed E-state index contributed by atoms with van der Waals surface area (Å²) in [7, 11) is 0. The van der Waals surface area contributed by atoms with Gasteiger partial charge in [-0.3, -0.25) is 9.59 Å². The van der Waals surface area contributed by atoms with Gasteiger partial charge in [0.2, 0.25) is 5.91 Å². The molecule has 0 radical (unpaired) electrons. The van der Waals surface area contributed by atoms with Gasteiger partial charge in [-0.25, -0.2) is 4.98 Å². The van der Waals surface area contributed by atoms with Crippen LogP contribution in [0.5, 0.6) is 0 Å². The quantitative estimate of drug-likeness (QED) is 0.632. The van der Waals surface area contributed by atoms with Crippen molar-refractivity contribution >= 4 is 17.7 Å². The highest BCUT2D eigenvalue weighted by Gasteiger charge is 2.34. The number of nitrogens with zero attached hydrogens (tertiary/aromatic N) is 2. The summed E-state index contributed by atoms with van der Waals surface area (Å²) in [5.74, 6) is -0.189. The van der Waals surface area contributed by atoms with Crippen LogP contribution in [0.25, 0.3) is 0 Å². The first-order valence-corrected chi connectivity index (χ1v) is 9.41. The van der Waals surface area contributed by atoms with Crippen molar-refractivity contribution in [1.29, 1.82) is 0 Å². The van der Waals surface area contributed by atoms with E-state index in [0.29, 0.717) is 24.7 Å². The second kappa shape index (κ2) is 8.16. The number of piperidine rings is 1. The lowest BCUT2D eigenvalue weighted by Gasteiger charge is -2.30. The van der Waals surface area contributed by atoms with Crippen LogP contribution in [0.15, 0.2) is 46.3 Å². The van der Waals surface area contributed by atoms with E-state index in [0.717, 1.165) is 31.0 Å². The van der Waals surface area contributed by atoms with Crippen molar-refractivity contribution in [3.05, 3.63) is 58.0 Å². The van der Waals surface area contributed by atoms with E-state index in [4.69, 9.17) is 0 Å². The van der Waals surface area contributed by atoms with Gasteiger partial charge in [-0.2, -0.15) is 13.2 Å². The summed E-state index contributed by atoms with van der Waals surface area (Å²) in [6, 6.07) is 9.20. The second-order valence-electron chi connectivity index (χ2n) is 6.23. The number of rotatable bonds is 4. The van der Waals surface area contributed by atoms with E-state index in [1.807, 2.05) is 0 Å². The molecule has 2 aromatic rings. The zero-order valence-corrected chi connectivity index (χ0v) is 15.1. The van der Waals surface area contributed by atoms with Crippen LogP contribution < -0.4 is 5.56 Å². The van der Waals surface area contributed by atoms with Crippen LogP contribution in [0.2, 0.25) is 0 Å². The lowest BCUT2D eigenvalue weighted by Crippen LogP contribution is -2.38. The molecule has 1 atom stereocenters. The summed E-state index contributed by atoms with van der Waals surface area (Å²) in [6.45, 7) is 1.24. The number of carbonyl (C=O) groups excluding carboxylic acids is 1. The van der Waals surface area contributed by atoms with E-state index in [1.54, 1.807) is 35.2 Å². The fraction of sp³-hybridized carbons (Fsp3) is 0.389. The maximum Gasteiger partial charge on any atom is 0.433 e. The SMILES string of the molecule is O=C(C(Sc1nc(C(F)(F)F)cc(=O)[nH]1)c1ccccc1)N1CCCCC1. The van der Waals surface area contributed by atoms with Crippen LogP contribution >= 0.6 is 11.8 Å². The molecule has 3 rings (SSSR count). The van der Waals surface area contributed by atoms with Crippen molar-refractivity contribution in [3.63, 3.8) is 0 Å². The average molecular weight is 397 g/mol. The molecule has 0 bridgehead atoms. The Morgan fingerprint density at radius 1 is 1.15 bits per heavy atom. The van der Waals surface area contributed by atoms with Gasteiger partial charge in [0.1, 0.15) is 5.25 Å². The number of aromatic amines is 1. The monoisotopic (exact) mass is 397 g/mol. The summed E-state index contributed by atoms with van der Waals surface area (Å²) in [5, 5.41) is -1.01. The van der Waals surface area contributed by atoms with Crippen molar-refractivity contribution in [2.45, 2.75) is 35.8 Å². The summed E-state index contributed by atoms with van der Waals surface area (Å²) in [5.41, 5.74) is -1.53. The Balaban J connectivity index is 1.93. The molecular weight excluding hydrogens is 379 g/mol. The van der Waals surface area contributed by atoms with Gasteiger partial charge >= 0.3 is 6.18 Å². The van der Waals surface area contributed by atoms with Gasteiger partial charge in [-0.05, 0) is 24.8 Å². The molecule has 0 spiro atoms. The molecule has 0 saturated carbocycles. The van der Waals surface area contributed by atoms with E-state index in [-0.39, 0.29) is 11.1 Å². The maximum atomic E-state index is 13.0. The number of amides is 1. The van der Waals surface area contributed by atoms with Crippen LogP contribution in [-0.2, 0) is 11.0 Å². The zero-order valence-electron chi connectivity index (χ0n) is 14.3. The number of alkyl halides is 3. The standard InChI is InChI=1S/C18H18F3N3O2S/c19-18(20,21)13-11-14(25)23-17(22-13)27-15(12-7-3-1-4-8-12)16(26)24-9-5-2-6-10-24/h1,3-4,7-8,11,15H,2,5-6,9-10H2,(H,22,23,25). The highest BCUT2D eigenvalue weighted by molar-refractivity contribution is 8.00. The lowest BCUT2D eigenvalue weighted by atomic mass is 10.1. The van der Waals surface area contributed by atoms with Gasteiger partial charge in [-0.15, -0.1) is 0 Å². The number of likely N-dealkylation sites (tertiary alicyclic amines) is 1. The molecular formula is C18H18F3N3O2S. The Labute approximate surface area is 158 Å². The number of H-pyrrole nitrogens is 1. The van der Waals surface area contributed by atoms with Crippen molar-refractivity contribution in [3.8, 4) is 0 Å². The lowest BCUT2D eigenvalue weighted by molar-refractivity contribution is -0.141. The highest BCUT2D eigenvalue weighted by atomic mass is 32.2. The van der Waals surface area contributed by atoms with E-state index < -0.39 is 22.7 Å². The Morgan fingerprint density at radius 2 is 1.81 bits per heavy atom. The van der Waals surface area contributed by atoms with Crippen LogP contribution in [0.4, 0.5) is 13.2 Å². The molecule has 144 valence electrons. The maximum absolute atomic E-state index is 13.0. The number of hydrogen-bond donors (Lipinski definition) is 1. The van der Waals surface area contributed by atoms with Crippen LogP contribution in [-0.4, -0.2) is 33.9 Å². The summed E-state index contributed by atoms with van der Waals surface area (Å²) in [4.78, 5) is 32.2. The third-order valence-corrected chi connectivity index (χ3v) is 5.36. The molecule has 1 aliphatic rings. The molecule has 9 heteroatoms. The van der Waals surface area contributed by atoms with Gasteiger partial charge in [0.15, 0.2) is 10.9 Å². The molecule has 2 heterocycles. The zero-order chi connectivity index (χ0) is 19.4. The Kier molecular flexibility index (Phi) is 5.88. The second-order valence-corrected chi connectivity index (χ2v) is 7.32. The molecule has 0 aliphatic carbocycles. The first-order chi connectivity index (χ1) is 12.8. The van der Waals surface area contributed by atoms with Crippen molar-refractivity contribution in [2.24, 2.45) is 0 Å². The van der Waals surface area contributed by atoms with E-state index in [2.05, 4.69) is 9.97 Å². The Morgan fingerprint density at radius 3 is 2.44 bits per heavy atom. The fourth-order valence-corrected chi connectivity index (χ4v) is 3.99. The van der Waals surface area contributed by atoms with Gasteiger partial charge in [-0.1, -0.05) is 42.1 Å². The summed E-state index contributed by atoms with van der Waals surface area (Å²) in [6.07, 6.45) is -1.88. The topological polar surface area (TPSA) is 66.1 Å². The van der Waals surface area contributed by atoms with E-state index in [1.165, 1.54) is 0 Å². The molecule has 5 nitrogen and oxygen atoms in total. The Hall–Kier alpha value is -2.29. The Bertz CT molecular complexity index is 849. The predicted octanol–water partition coefficient (Wildman–Crippen LogP) is 3.63. The molecule has 1 amide bonds. The number of carbonyl (C=O) groups is 1. The minimum absolute atomic E-state index is 0.189. The minimum Gasteiger partial charge on any atom is -0.341 e. The molecule has 1 saturated heterocycles. The molecule has 1 fully saturated rings. The molecule has 1 N–H and O–H groups in total. The number of nitrogens with one attached hydrogen (secondary N) is 1. The summed E-state index contributed by atoms with van der Waals surface area (Å²) >= 11 is 0.830. The first-order valence-electron chi connectivity index (χ1n) is 8.53. The minimum atomic E-state index is -4.73.